The van der Waals surface area contributed by atoms with Crippen LogP contribution >= 0.6 is 0 Å². The molecule has 0 fully saturated rings. The average Bonchev–Trinajstić information content (AvgIpc) is 2.46. The maximum absolute atomic E-state index is 12.5. The zero-order valence-corrected chi connectivity index (χ0v) is 12.3. The van der Waals surface area contributed by atoms with E-state index in [1.54, 1.807) is 6.07 Å². The number of hydrogen-bond donors (Lipinski definition) is 2. The molecule has 1 aromatic carbocycles. The Morgan fingerprint density at radius 2 is 2.10 bits per heavy atom. The number of nitro groups is 1. The average molecular weight is 295 g/mol. The Labute approximate surface area is 123 Å². The summed E-state index contributed by atoms with van der Waals surface area (Å²) in [6.45, 7) is 4.89. The van der Waals surface area contributed by atoms with Gasteiger partial charge in [0, 0.05) is 31.4 Å². The summed E-state index contributed by atoms with van der Waals surface area (Å²) in [6, 6.07) is 4.40. The van der Waals surface area contributed by atoms with E-state index in [1.165, 1.54) is 17.0 Å². The van der Waals surface area contributed by atoms with Gasteiger partial charge in [0.1, 0.15) is 5.56 Å². The minimum atomic E-state index is -0.563. The lowest BCUT2D eigenvalue weighted by Gasteiger charge is -2.21. The van der Waals surface area contributed by atoms with Crippen molar-refractivity contribution in [2.75, 3.05) is 31.6 Å². The maximum atomic E-state index is 12.5. The van der Waals surface area contributed by atoms with E-state index in [2.05, 4.69) is 5.32 Å². The molecule has 2 N–H and O–H groups in total. The van der Waals surface area contributed by atoms with E-state index < -0.39 is 10.8 Å². The third-order valence-electron chi connectivity index (χ3n) is 2.96. The van der Waals surface area contributed by atoms with Gasteiger partial charge in [0.25, 0.3) is 11.6 Å². The van der Waals surface area contributed by atoms with E-state index in [4.69, 9.17) is 5.11 Å². The predicted molar refractivity (Wildman–Crippen MR) is 80.5 cm³/mol. The van der Waals surface area contributed by atoms with Gasteiger partial charge in [0.05, 0.1) is 11.5 Å². The van der Waals surface area contributed by atoms with Gasteiger partial charge in [0.2, 0.25) is 0 Å². The Morgan fingerprint density at radius 3 is 2.62 bits per heavy atom. The molecule has 21 heavy (non-hydrogen) atoms. The molecule has 1 aromatic rings. The number of amides is 1. The Balaban J connectivity index is 3.19. The largest absolute Gasteiger partial charge is 0.395 e. The van der Waals surface area contributed by atoms with Crippen LogP contribution in [-0.4, -0.2) is 47.1 Å². The number of carbonyl (C=O) groups excluding carboxylic acids is 1. The third-order valence-corrected chi connectivity index (χ3v) is 2.96. The van der Waals surface area contributed by atoms with Crippen LogP contribution in [0.25, 0.3) is 0 Å². The summed E-state index contributed by atoms with van der Waals surface area (Å²) < 4.78 is 0. The van der Waals surface area contributed by atoms with Gasteiger partial charge in [-0.15, -0.1) is 0 Å². The van der Waals surface area contributed by atoms with Crippen LogP contribution in [0.5, 0.6) is 0 Å². The zero-order valence-electron chi connectivity index (χ0n) is 12.3. The van der Waals surface area contributed by atoms with E-state index in [0.29, 0.717) is 25.2 Å². The van der Waals surface area contributed by atoms with Crippen LogP contribution in [0.2, 0.25) is 0 Å². The Kier molecular flexibility index (Phi) is 6.61. The smallest absolute Gasteiger partial charge is 0.282 e. The lowest BCUT2D eigenvalue weighted by molar-refractivity contribution is -0.385. The van der Waals surface area contributed by atoms with Crippen LogP contribution in [-0.2, 0) is 0 Å². The summed E-state index contributed by atoms with van der Waals surface area (Å²) in [7, 11) is 0. The SMILES string of the molecule is CCCN(CCO)C(=O)c1cc(NCC)ccc1[N+](=O)[O-]. The van der Waals surface area contributed by atoms with Crippen LogP contribution in [0.15, 0.2) is 18.2 Å². The molecule has 0 aliphatic heterocycles. The highest BCUT2D eigenvalue weighted by atomic mass is 16.6. The van der Waals surface area contributed by atoms with Gasteiger partial charge < -0.3 is 15.3 Å². The maximum Gasteiger partial charge on any atom is 0.282 e. The summed E-state index contributed by atoms with van der Waals surface area (Å²) in [4.78, 5) is 24.5. The van der Waals surface area contributed by atoms with Gasteiger partial charge >= 0.3 is 0 Å². The molecule has 1 amide bonds. The summed E-state index contributed by atoms with van der Waals surface area (Å²) in [5, 5.41) is 23.2. The molecule has 0 saturated carbocycles. The highest BCUT2D eigenvalue weighted by Crippen LogP contribution is 2.24. The fraction of sp³-hybridized carbons (Fsp3) is 0.500. The monoisotopic (exact) mass is 295 g/mol. The standard InChI is InChI=1S/C14H21N3O4/c1-3-7-16(8-9-18)14(19)12-10-11(15-4-2)5-6-13(12)17(20)21/h5-6,10,15,18H,3-4,7-9H2,1-2H3. The normalized spacial score (nSPS) is 10.2. The number of benzene rings is 1. The number of hydrogen-bond acceptors (Lipinski definition) is 5. The summed E-state index contributed by atoms with van der Waals surface area (Å²) in [5.41, 5.74) is 0.480. The van der Waals surface area contributed by atoms with Gasteiger partial charge in [-0.05, 0) is 25.5 Å². The topological polar surface area (TPSA) is 95.7 Å². The first-order valence-corrected chi connectivity index (χ1v) is 6.97. The molecule has 0 radical (unpaired) electrons. The van der Waals surface area contributed by atoms with Gasteiger partial charge in [-0.1, -0.05) is 6.92 Å². The first-order chi connectivity index (χ1) is 10.0. The summed E-state index contributed by atoms with van der Waals surface area (Å²) >= 11 is 0. The fourth-order valence-electron chi connectivity index (χ4n) is 2.06. The van der Waals surface area contributed by atoms with Crippen molar-refractivity contribution in [2.24, 2.45) is 0 Å². The molecular weight excluding hydrogens is 274 g/mol. The van der Waals surface area contributed by atoms with Crippen LogP contribution in [0, 0.1) is 10.1 Å². The number of carbonyl (C=O) groups is 1. The molecule has 0 bridgehead atoms. The second-order valence-corrected chi connectivity index (χ2v) is 4.54. The molecule has 0 spiro atoms. The van der Waals surface area contributed by atoms with Crippen LogP contribution in [0.1, 0.15) is 30.6 Å². The van der Waals surface area contributed by atoms with Crippen LogP contribution < -0.4 is 5.32 Å². The van der Waals surface area contributed by atoms with E-state index in [1.807, 2.05) is 13.8 Å². The Morgan fingerprint density at radius 1 is 1.38 bits per heavy atom. The van der Waals surface area contributed by atoms with Crippen LogP contribution in [0.3, 0.4) is 0 Å². The lowest BCUT2D eigenvalue weighted by Crippen LogP contribution is -2.34. The molecule has 0 unspecified atom stereocenters. The fourth-order valence-corrected chi connectivity index (χ4v) is 2.06. The molecule has 0 aliphatic rings. The minimum Gasteiger partial charge on any atom is -0.395 e. The molecule has 0 saturated heterocycles. The third kappa shape index (κ3) is 4.42. The number of aliphatic hydroxyl groups is 1. The number of nitro benzene ring substituents is 1. The molecule has 0 heterocycles. The number of rotatable bonds is 8. The van der Waals surface area contributed by atoms with Gasteiger partial charge in [-0.25, -0.2) is 0 Å². The minimum absolute atomic E-state index is 0.0420. The molecule has 116 valence electrons. The number of nitrogens with one attached hydrogen (secondary N) is 1. The molecule has 1 rings (SSSR count). The summed E-state index contributed by atoms with van der Waals surface area (Å²) in [6.07, 6.45) is 0.715. The predicted octanol–water partition coefficient (Wildman–Crippen LogP) is 1.87. The number of aliphatic hydroxyl groups excluding tert-OH is 1. The van der Waals surface area contributed by atoms with Crippen molar-refractivity contribution in [3.8, 4) is 0 Å². The van der Waals surface area contributed by atoms with E-state index >= 15 is 0 Å². The van der Waals surface area contributed by atoms with Crippen molar-refractivity contribution in [3.63, 3.8) is 0 Å². The van der Waals surface area contributed by atoms with Crippen molar-refractivity contribution >= 4 is 17.3 Å². The number of nitrogens with zero attached hydrogens (tertiary/aromatic N) is 2. The van der Waals surface area contributed by atoms with Crippen molar-refractivity contribution in [1.82, 2.24) is 4.90 Å². The van der Waals surface area contributed by atoms with E-state index in [9.17, 15) is 14.9 Å². The molecule has 7 nitrogen and oxygen atoms in total. The molecule has 0 aromatic heterocycles. The van der Waals surface area contributed by atoms with Gasteiger partial charge in [-0.2, -0.15) is 0 Å². The summed E-state index contributed by atoms with van der Waals surface area (Å²) in [5.74, 6) is -0.433. The molecule has 7 heteroatoms. The van der Waals surface area contributed by atoms with E-state index in [-0.39, 0.29) is 24.4 Å². The quantitative estimate of drug-likeness (QED) is 0.564. The zero-order chi connectivity index (χ0) is 15.8. The van der Waals surface area contributed by atoms with Gasteiger partial charge in [-0.3, -0.25) is 14.9 Å². The first kappa shape index (κ1) is 16.9. The highest BCUT2D eigenvalue weighted by molar-refractivity contribution is 5.99. The highest BCUT2D eigenvalue weighted by Gasteiger charge is 2.24. The van der Waals surface area contributed by atoms with Crippen LogP contribution in [0.4, 0.5) is 11.4 Å². The second-order valence-electron chi connectivity index (χ2n) is 4.54. The van der Waals surface area contributed by atoms with Crippen molar-refractivity contribution in [1.29, 1.82) is 0 Å². The Bertz CT molecular complexity index is 499. The van der Waals surface area contributed by atoms with Crippen molar-refractivity contribution in [2.45, 2.75) is 20.3 Å². The molecule has 0 atom stereocenters. The lowest BCUT2D eigenvalue weighted by atomic mass is 10.1. The van der Waals surface area contributed by atoms with Gasteiger partial charge in [0.15, 0.2) is 0 Å². The first-order valence-electron chi connectivity index (χ1n) is 6.97. The van der Waals surface area contributed by atoms with E-state index in [0.717, 1.165) is 0 Å². The van der Waals surface area contributed by atoms with Crippen molar-refractivity contribution in [3.05, 3.63) is 33.9 Å². The second kappa shape index (κ2) is 8.21. The van der Waals surface area contributed by atoms with Crippen molar-refractivity contribution < 1.29 is 14.8 Å². The molecular formula is C14H21N3O4. The molecule has 0 aliphatic carbocycles. The Hall–Kier alpha value is -2.15. The number of anilines is 1.